The van der Waals surface area contributed by atoms with Gasteiger partial charge in [0.05, 0.1) is 11.0 Å². The zero-order valence-corrected chi connectivity index (χ0v) is 12.6. The average Bonchev–Trinajstić information content (AvgIpc) is 2.41. The van der Waals surface area contributed by atoms with E-state index in [1.807, 2.05) is 6.07 Å². The molecule has 0 radical (unpaired) electrons. The molecule has 0 amide bonds. The van der Waals surface area contributed by atoms with Crippen LogP contribution in [0.4, 0.5) is 5.69 Å². The van der Waals surface area contributed by atoms with E-state index >= 15 is 0 Å². The van der Waals surface area contributed by atoms with Gasteiger partial charge in [-0.3, -0.25) is 0 Å². The first-order valence-corrected chi connectivity index (χ1v) is 8.31. The second kappa shape index (κ2) is 5.29. The number of nitrogens with one attached hydrogen (secondary N) is 1. The van der Waals surface area contributed by atoms with Crippen molar-refractivity contribution in [3.05, 3.63) is 36.4 Å². The monoisotopic (exact) mass is 306 g/mol. The highest BCUT2D eigenvalue weighted by Gasteiger charge is 2.33. The van der Waals surface area contributed by atoms with Gasteiger partial charge in [-0.1, -0.05) is 18.2 Å². The topological polar surface area (TPSA) is 81.4 Å². The van der Waals surface area contributed by atoms with Gasteiger partial charge in [0, 0.05) is 24.2 Å². The summed E-state index contributed by atoms with van der Waals surface area (Å²) >= 11 is 0. The van der Waals surface area contributed by atoms with Crippen molar-refractivity contribution in [2.24, 2.45) is 0 Å². The van der Waals surface area contributed by atoms with E-state index < -0.39 is 10.0 Å². The number of fused-ring (bicyclic) bond motifs is 1. The summed E-state index contributed by atoms with van der Waals surface area (Å²) < 4.78 is 33.0. The van der Waals surface area contributed by atoms with E-state index in [1.165, 1.54) is 0 Å². The zero-order valence-electron chi connectivity index (χ0n) is 11.7. The van der Waals surface area contributed by atoms with Crippen LogP contribution in [0, 0.1) is 0 Å². The number of rotatable bonds is 4. The molecule has 21 heavy (non-hydrogen) atoms. The Morgan fingerprint density at radius 1 is 1.24 bits per heavy atom. The summed E-state index contributed by atoms with van der Waals surface area (Å²) in [5.41, 5.74) is 6.36. The Bertz CT molecular complexity index is 768. The van der Waals surface area contributed by atoms with Crippen molar-refractivity contribution < 1.29 is 13.2 Å². The largest absolute Gasteiger partial charge is 0.399 e. The van der Waals surface area contributed by atoms with Gasteiger partial charge in [-0.05, 0) is 36.4 Å². The minimum atomic E-state index is -3.54. The summed E-state index contributed by atoms with van der Waals surface area (Å²) in [6, 6.07) is 10.4. The standard InChI is InChI=1S/C15H18N2O3S/c1-20-13-8-12(9-13)17-21(18,19)15-4-2-3-10-7-11(16)5-6-14(10)15/h2-7,12-13,17H,8-9,16H2,1H3. The lowest BCUT2D eigenvalue weighted by Crippen LogP contribution is -2.47. The third-order valence-electron chi connectivity index (χ3n) is 3.90. The maximum atomic E-state index is 12.5. The Balaban J connectivity index is 1.92. The molecule has 0 aliphatic heterocycles. The normalized spacial score (nSPS) is 22.1. The molecule has 2 aromatic rings. The number of methoxy groups -OCH3 is 1. The molecule has 0 spiro atoms. The lowest BCUT2D eigenvalue weighted by atomic mass is 9.90. The number of ether oxygens (including phenoxy) is 1. The molecule has 0 atom stereocenters. The summed E-state index contributed by atoms with van der Waals surface area (Å²) in [4.78, 5) is 0.292. The molecular formula is C15H18N2O3S. The summed E-state index contributed by atoms with van der Waals surface area (Å²) in [7, 11) is -1.89. The van der Waals surface area contributed by atoms with Gasteiger partial charge in [-0.2, -0.15) is 0 Å². The molecule has 1 aliphatic carbocycles. The number of anilines is 1. The molecule has 2 aromatic carbocycles. The van der Waals surface area contributed by atoms with E-state index in [2.05, 4.69) is 4.72 Å². The molecule has 1 aliphatic rings. The first-order valence-electron chi connectivity index (χ1n) is 6.83. The van der Waals surface area contributed by atoms with Crippen LogP contribution in [0.1, 0.15) is 12.8 Å². The van der Waals surface area contributed by atoms with Crippen LogP contribution < -0.4 is 10.5 Å². The predicted molar refractivity (Wildman–Crippen MR) is 82.5 cm³/mol. The molecule has 3 N–H and O–H groups in total. The van der Waals surface area contributed by atoms with Crippen LogP contribution in [0.15, 0.2) is 41.3 Å². The van der Waals surface area contributed by atoms with Crippen LogP contribution in [0.5, 0.6) is 0 Å². The van der Waals surface area contributed by atoms with Crippen LogP contribution >= 0.6 is 0 Å². The van der Waals surface area contributed by atoms with Crippen LogP contribution in [0.3, 0.4) is 0 Å². The molecule has 1 saturated carbocycles. The molecule has 5 nitrogen and oxygen atoms in total. The highest BCUT2D eigenvalue weighted by atomic mass is 32.2. The van der Waals surface area contributed by atoms with Gasteiger partial charge in [0.15, 0.2) is 0 Å². The zero-order chi connectivity index (χ0) is 15.0. The number of nitrogen functional groups attached to an aromatic ring is 1. The van der Waals surface area contributed by atoms with Crippen molar-refractivity contribution >= 4 is 26.5 Å². The van der Waals surface area contributed by atoms with Gasteiger partial charge in [0.1, 0.15) is 0 Å². The quantitative estimate of drug-likeness (QED) is 0.845. The number of nitrogens with two attached hydrogens (primary N) is 1. The molecule has 0 bridgehead atoms. The van der Waals surface area contributed by atoms with E-state index in [-0.39, 0.29) is 12.1 Å². The molecule has 0 saturated heterocycles. The maximum absolute atomic E-state index is 12.5. The smallest absolute Gasteiger partial charge is 0.241 e. The highest BCUT2D eigenvalue weighted by Crippen LogP contribution is 2.28. The van der Waals surface area contributed by atoms with Crippen molar-refractivity contribution in [1.29, 1.82) is 0 Å². The van der Waals surface area contributed by atoms with Gasteiger partial charge in [-0.25, -0.2) is 13.1 Å². The molecule has 3 rings (SSSR count). The van der Waals surface area contributed by atoms with Crippen molar-refractivity contribution in [2.75, 3.05) is 12.8 Å². The van der Waals surface area contributed by atoms with E-state index in [1.54, 1.807) is 37.4 Å². The first kappa shape index (κ1) is 14.3. The summed E-state index contributed by atoms with van der Waals surface area (Å²) in [6.07, 6.45) is 1.59. The van der Waals surface area contributed by atoms with Crippen LogP contribution in [-0.2, 0) is 14.8 Å². The molecule has 0 heterocycles. The molecule has 0 aromatic heterocycles. The maximum Gasteiger partial charge on any atom is 0.241 e. The van der Waals surface area contributed by atoms with Crippen molar-refractivity contribution in [3.63, 3.8) is 0 Å². The Labute approximate surface area is 124 Å². The number of hydrogen-bond acceptors (Lipinski definition) is 4. The van der Waals surface area contributed by atoms with Gasteiger partial charge < -0.3 is 10.5 Å². The Morgan fingerprint density at radius 3 is 2.71 bits per heavy atom. The second-order valence-electron chi connectivity index (χ2n) is 5.38. The Kier molecular flexibility index (Phi) is 3.61. The molecule has 112 valence electrons. The second-order valence-corrected chi connectivity index (χ2v) is 7.07. The third-order valence-corrected chi connectivity index (χ3v) is 5.48. The minimum absolute atomic E-state index is 0.0519. The molecule has 6 heteroatoms. The summed E-state index contributed by atoms with van der Waals surface area (Å²) in [6.45, 7) is 0. The fourth-order valence-electron chi connectivity index (χ4n) is 2.64. The van der Waals surface area contributed by atoms with Gasteiger partial charge >= 0.3 is 0 Å². The van der Waals surface area contributed by atoms with Crippen LogP contribution in [-0.4, -0.2) is 27.7 Å². The number of hydrogen-bond donors (Lipinski definition) is 2. The summed E-state index contributed by atoms with van der Waals surface area (Å²) in [5, 5.41) is 1.50. The molecular weight excluding hydrogens is 288 g/mol. The van der Waals surface area contributed by atoms with Crippen LogP contribution in [0.25, 0.3) is 10.8 Å². The van der Waals surface area contributed by atoms with Crippen LogP contribution in [0.2, 0.25) is 0 Å². The fraction of sp³-hybridized carbons (Fsp3) is 0.333. The SMILES string of the molecule is COC1CC(NS(=O)(=O)c2cccc3cc(N)ccc23)C1. The molecule has 0 unspecified atom stereocenters. The average molecular weight is 306 g/mol. The minimum Gasteiger partial charge on any atom is -0.399 e. The van der Waals surface area contributed by atoms with E-state index in [0.717, 1.165) is 5.39 Å². The van der Waals surface area contributed by atoms with E-state index in [0.29, 0.717) is 28.8 Å². The van der Waals surface area contributed by atoms with Gasteiger partial charge in [0.25, 0.3) is 0 Å². The number of sulfonamides is 1. The summed E-state index contributed by atoms with van der Waals surface area (Å²) in [5.74, 6) is 0. The predicted octanol–water partition coefficient (Wildman–Crippen LogP) is 1.88. The van der Waals surface area contributed by atoms with Crippen molar-refractivity contribution in [2.45, 2.75) is 29.9 Å². The Hall–Kier alpha value is -1.63. The van der Waals surface area contributed by atoms with Crippen molar-refractivity contribution in [3.8, 4) is 0 Å². The van der Waals surface area contributed by atoms with Gasteiger partial charge in [-0.15, -0.1) is 0 Å². The fourth-order valence-corrected chi connectivity index (χ4v) is 4.14. The van der Waals surface area contributed by atoms with Gasteiger partial charge in [0.2, 0.25) is 10.0 Å². The van der Waals surface area contributed by atoms with E-state index in [9.17, 15) is 8.42 Å². The first-order chi connectivity index (χ1) is 9.99. The van der Waals surface area contributed by atoms with Crippen molar-refractivity contribution in [1.82, 2.24) is 4.72 Å². The molecule has 1 fully saturated rings. The lowest BCUT2D eigenvalue weighted by Gasteiger charge is -2.34. The third kappa shape index (κ3) is 2.74. The lowest BCUT2D eigenvalue weighted by molar-refractivity contribution is 0.0236. The Morgan fingerprint density at radius 2 is 2.00 bits per heavy atom. The number of benzene rings is 2. The van der Waals surface area contributed by atoms with E-state index in [4.69, 9.17) is 10.5 Å². The highest BCUT2D eigenvalue weighted by molar-refractivity contribution is 7.89.